The molecule has 0 amide bonds. The SMILES string of the molecule is Cc1cccc2c1c(CCN(C#Cc1ccccc1)S(C)(=O)=O)cn2Cc1ccccc1. The highest BCUT2D eigenvalue weighted by atomic mass is 32.2. The lowest BCUT2D eigenvalue weighted by molar-refractivity contribution is 0.518. The van der Waals surface area contributed by atoms with Crippen molar-refractivity contribution in [2.75, 3.05) is 12.8 Å². The lowest BCUT2D eigenvalue weighted by Crippen LogP contribution is -2.27. The minimum Gasteiger partial charge on any atom is -0.343 e. The molecule has 0 aliphatic carbocycles. The van der Waals surface area contributed by atoms with Crippen molar-refractivity contribution in [2.45, 2.75) is 19.9 Å². The van der Waals surface area contributed by atoms with Gasteiger partial charge in [-0.15, -0.1) is 0 Å². The third-order valence-electron chi connectivity index (χ3n) is 5.47. The Morgan fingerprint density at radius 1 is 0.906 bits per heavy atom. The second-order valence-electron chi connectivity index (χ2n) is 7.92. The molecule has 0 aliphatic rings. The first kappa shape index (κ1) is 21.7. The Morgan fingerprint density at radius 2 is 1.59 bits per heavy atom. The molecule has 1 aromatic heterocycles. The molecule has 5 heteroatoms. The molecule has 0 N–H and O–H groups in total. The van der Waals surface area contributed by atoms with Crippen LogP contribution in [0, 0.1) is 18.9 Å². The molecule has 32 heavy (non-hydrogen) atoms. The quantitative estimate of drug-likeness (QED) is 0.318. The number of benzene rings is 3. The highest BCUT2D eigenvalue weighted by Gasteiger charge is 2.16. The fraction of sp³-hybridized carbons (Fsp3) is 0.185. The normalized spacial score (nSPS) is 11.2. The molecule has 0 atom stereocenters. The second-order valence-corrected chi connectivity index (χ2v) is 9.83. The number of sulfonamides is 1. The molecule has 4 nitrogen and oxygen atoms in total. The van der Waals surface area contributed by atoms with Crippen LogP contribution in [0.2, 0.25) is 0 Å². The molecule has 4 aromatic rings. The van der Waals surface area contributed by atoms with Crippen molar-refractivity contribution >= 4 is 20.9 Å². The largest absolute Gasteiger partial charge is 0.343 e. The van der Waals surface area contributed by atoms with Gasteiger partial charge >= 0.3 is 0 Å². The Balaban J connectivity index is 1.63. The van der Waals surface area contributed by atoms with Gasteiger partial charge in [-0.2, -0.15) is 0 Å². The van der Waals surface area contributed by atoms with Crippen molar-refractivity contribution in [3.05, 3.63) is 107 Å². The third-order valence-corrected chi connectivity index (χ3v) is 6.55. The van der Waals surface area contributed by atoms with Gasteiger partial charge in [-0.25, -0.2) is 12.7 Å². The van der Waals surface area contributed by atoms with E-state index in [1.54, 1.807) is 0 Å². The predicted molar refractivity (Wildman–Crippen MR) is 131 cm³/mol. The van der Waals surface area contributed by atoms with Gasteiger partial charge < -0.3 is 4.57 Å². The lowest BCUT2D eigenvalue weighted by Gasteiger charge is -2.14. The van der Waals surface area contributed by atoms with E-state index in [2.05, 4.69) is 60.0 Å². The van der Waals surface area contributed by atoms with Crippen molar-refractivity contribution < 1.29 is 8.42 Å². The average Bonchev–Trinajstić information content (AvgIpc) is 3.13. The van der Waals surface area contributed by atoms with Gasteiger partial charge in [-0.3, -0.25) is 0 Å². The molecule has 0 spiro atoms. The third kappa shape index (κ3) is 5.04. The standard InChI is InChI=1S/C27H26N2O2S/c1-22-10-9-15-26-27(22)25(21-28(26)20-24-13-7-4-8-14-24)17-19-29(32(2,30)31)18-16-23-11-5-3-6-12-23/h3-15,21H,17,19-20H2,1-2H3. The summed E-state index contributed by atoms with van der Waals surface area (Å²) < 4.78 is 28.2. The predicted octanol–water partition coefficient (Wildman–Crippen LogP) is 4.81. The van der Waals surface area contributed by atoms with Crippen molar-refractivity contribution in [3.8, 4) is 12.0 Å². The van der Waals surface area contributed by atoms with E-state index in [1.807, 2.05) is 48.5 Å². The minimum absolute atomic E-state index is 0.303. The summed E-state index contributed by atoms with van der Waals surface area (Å²) >= 11 is 0. The Labute approximate surface area is 190 Å². The smallest absolute Gasteiger partial charge is 0.238 e. The van der Waals surface area contributed by atoms with Crippen LogP contribution in [0.15, 0.2) is 85.1 Å². The molecule has 0 fully saturated rings. The molecule has 0 radical (unpaired) electrons. The monoisotopic (exact) mass is 442 g/mol. The zero-order chi connectivity index (χ0) is 22.6. The van der Waals surface area contributed by atoms with Crippen LogP contribution in [-0.4, -0.2) is 30.1 Å². The number of fused-ring (bicyclic) bond motifs is 1. The fourth-order valence-corrected chi connectivity index (χ4v) is 4.54. The molecule has 0 unspecified atom stereocenters. The number of nitrogens with zero attached hydrogens (tertiary/aromatic N) is 2. The first-order chi connectivity index (χ1) is 15.4. The highest BCUT2D eigenvalue weighted by molar-refractivity contribution is 7.88. The summed E-state index contributed by atoms with van der Waals surface area (Å²) in [6.07, 6.45) is 3.94. The van der Waals surface area contributed by atoms with E-state index in [9.17, 15) is 8.42 Å². The van der Waals surface area contributed by atoms with Crippen molar-refractivity contribution in [1.29, 1.82) is 0 Å². The van der Waals surface area contributed by atoms with Crippen LogP contribution in [0.3, 0.4) is 0 Å². The van der Waals surface area contributed by atoms with Crippen LogP contribution in [0.5, 0.6) is 0 Å². The van der Waals surface area contributed by atoms with Crippen molar-refractivity contribution in [1.82, 2.24) is 8.87 Å². The summed E-state index contributed by atoms with van der Waals surface area (Å²) in [5.74, 6) is 2.97. The molecule has 0 saturated carbocycles. The van der Waals surface area contributed by atoms with E-state index >= 15 is 0 Å². The van der Waals surface area contributed by atoms with E-state index in [0.29, 0.717) is 13.0 Å². The van der Waals surface area contributed by atoms with E-state index in [0.717, 1.165) is 23.2 Å². The van der Waals surface area contributed by atoms with Gasteiger partial charge in [0.25, 0.3) is 0 Å². The zero-order valence-electron chi connectivity index (χ0n) is 18.3. The van der Waals surface area contributed by atoms with E-state index in [1.165, 1.54) is 27.1 Å². The van der Waals surface area contributed by atoms with Crippen molar-refractivity contribution in [2.24, 2.45) is 0 Å². The van der Waals surface area contributed by atoms with Gasteiger partial charge in [0.2, 0.25) is 10.0 Å². The number of hydrogen-bond acceptors (Lipinski definition) is 2. The number of rotatable bonds is 6. The maximum Gasteiger partial charge on any atom is 0.238 e. The van der Waals surface area contributed by atoms with Crippen LogP contribution < -0.4 is 0 Å². The van der Waals surface area contributed by atoms with Crippen LogP contribution >= 0.6 is 0 Å². The van der Waals surface area contributed by atoms with Crippen LogP contribution in [0.25, 0.3) is 10.9 Å². The molecular weight excluding hydrogens is 416 g/mol. The molecule has 3 aromatic carbocycles. The second kappa shape index (κ2) is 9.33. The Bertz CT molecular complexity index is 1380. The van der Waals surface area contributed by atoms with E-state index in [-0.39, 0.29) is 0 Å². The van der Waals surface area contributed by atoms with E-state index < -0.39 is 10.0 Å². The molecule has 0 bridgehead atoms. The number of aryl methyl sites for hydroxylation is 1. The van der Waals surface area contributed by atoms with Gasteiger partial charge in [0.05, 0.1) is 6.26 Å². The summed E-state index contributed by atoms with van der Waals surface area (Å²) in [5, 5.41) is 1.19. The van der Waals surface area contributed by atoms with Crippen LogP contribution in [0.4, 0.5) is 0 Å². The molecular formula is C27H26N2O2S. The molecule has 0 aliphatic heterocycles. The van der Waals surface area contributed by atoms with Gasteiger partial charge in [-0.05, 0) is 54.2 Å². The van der Waals surface area contributed by atoms with E-state index in [4.69, 9.17) is 0 Å². The van der Waals surface area contributed by atoms with Gasteiger partial charge in [0, 0.05) is 41.8 Å². The molecule has 4 rings (SSSR count). The Kier molecular flexibility index (Phi) is 6.34. The van der Waals surface area contributed by atoms with Gasteiger partial charge in [0.1, 0.15) is 0 Å². The van der Waals surface area contributed by atoms with Crippen LogP contribution in [0.1, 0.15) is 22.3 Å². The number of aromatic nitrogens is 1. The van der Waals surface area contributed by atoms with Gasteiger partial charge in [0.15, 0.2) is 0 Å². The Hall–Kier alpha value is -3.49. The maximum absolute atomic E-state index is 12.4. The first-order valence-corrected chi connectivity index (χ1v) is 12.4. The topological polar surface area (TPSA) is 42.3 Å². The molecule has 1 heterocycles. The summed E-state index contributed by atoms with van der Waals surface area (Å²) in [7, 11) is -3.46. The summed E-state index contributed by atoms with van der Waals surface area (Å²) in [5.41, 5.74) is 5.49. The summed E-state index contributed by atoms with van der Waals surface area (Å²) in [6.45, 7) is 3.17. The Morgan fingerprint density at radius 3 is 2.28 bits per heavy atom. The highest BCUT2D eigenvalue weighted by Crippen LogP contribution is 2.26. The summed E-state index contributed by atoms with van der Waals surface area (Å²) in [6, 6.07) is 28.9. The first-order valence-electron chi connectivity index (χ1n) is 10.6. The minimum atomic E-state index is -3.46. The molecule has 0 saturated heterocycles. The summed E-state index contributed by atoms with van der Waals surface area (Å²) in [4.78, 5) is 0. The van der Waals surface area contributed by atoms with Gasteiger partial charge in [-0.1, -0.05) is 60.7 Å². The maximum atomic E-state index is 12.4. The average molecular weight is 443 g/mol. The lowest BCUT2D eigenvalue weighted by atomic mass is 10.1. The zero-order valence-corrected chi connectivity index (χ0v) is 19.1. The van der Waals surface area contributed by atoms with Crippen LogP contribution in [-0.2, 0) is 23.0 Å². The van der Waals surface area contributed by atoms with Crippen molar-refractivity contribution in [3.63, 3.8) is 0 Å². The molecule has 162 valence electrons. The number of hydrogen-bond donors (Lipinski definition) is 0. The fourth-order valence-electron chi connectivity index (χ4n) is 3.91.